The molecule has 0 radical (unpaired) electrons. The molecule has 134 valence electrons. The molecule has 0 fully saturated rings. The predicted octanol–water partition coefficient (Wildman–Crippen LogP) is 2.20. The van der Waals surface area contributed by atoms with Gasteiger partial charge in [-0.15, -0.1) is 0 Å². The molecule has 0 unspecified atom stereocenters. The lowest BCUT2D eigenvalue weighted by Crippen LogP contribution is -2.27. The highest BCUT2D eigenvalue weighted by atomic mass is 32.2. The van der Waals surface area contributed by atoms with Crippen molar-refractivity contribution in [1.29, 1.82) is 0 Å². The van der Waals surface area contributed by atoms with Gasteiger partial charge in [0.25, 0.3) is 0 Å². The minimum absolute atomic E-state index is 0.245. The van der Waals surface area contributed by atoms with Crippen LogP contribution in [-0.4, -0.2) is 40.0 Å². The largest absolute Gasteiger partial charge is 0.495 e. The van der Waals surface area contributed by atoms with Crippen LogP contribution in [0.4, 0.5) is 0 Å². The summed E-state index contributed by atoms with van der Waals surface area (Å²) in [6.07, 6.45) is 1.65. The highest BCUT2D eigenvalue weighted by molar-refractivity contribution is 7.89. The Morgan fingerprint density at radius 1 is 1.08 bits per heavy atom. The Morgan fingerprint density at radius 3 is 2.52 bits per heavy atom. The number of nitrogens with one attached hydrogen (secondary N) is 1. The molecule has 6 heteroatoms. The molecule has 3 rings (SSSR count). The van der Waals surface area contributed by atoms with Crippen LogP contribution in [0.5, 0.6) is 5.75 Å². The van der Waals surface area contributed by atoms with E-state index in [2.05, 4.69) is 5.32 Å². The molecule has 0 atom stereocenters. The van der Waals surface area contributed by atoms with Crippen LogP contribution >= 0.6 is 0 Å². The van der Waals surface area contributed by atoms with Crippen molar-refractivity contribution in [2.75, 3.05) is 27.2 Å². The highest BCUT2D eigenvalue weighted by Crippen LogP contribution is 2.34. The van der Waals surface area contributed by atoms with Gasteiger partial charge in [-0.05, 0) is 43.1 Å². The molecule has 1 N–H and O–H groups in total. The van der Waals surface area contributed by atoms with Gasteiger partial charge in [0.05, 0.1) is 7.11 Å². The van der Waals surface area contributed by atoms with E-state index in [4.69, 9.17) is 4.74 Å². The molecule has 1 aliphatic heterocycles. The molecule has 0 bridgehead atoms. The SMILES string of the molecule is COc1c(S(=O)(=O)N(C)Cc2ccccc2)ccc2c1CCNCC2. The van der Waals surface area contributed by atoms with E-state index in [0.29, 0.717) is 12.3 Å². The van der Waals surface area contributed by atoms with Crippen LogP contribution in [0.1, 0.15) is 16.7 Å². The zero-order valence-electron chi connectivity index (χ0n) is 14.7. The van der Waals surface area contributed by atoms with Crippen molar-refractivity contribution in [2.24, 2.45) is 0 Å². The third-order valence-corrected chi connectivity index (χ3v) is 6.41. The number of sulfonamides is 1. The van der Waals surface area contributed by atoms with Crippen LogP contribution in [0.2, 0.25) is 0 Å². The van der Waals surface area contributed by atoms with E-state index >= 15 is 0 Å². The third kappa shape index (κ3) is 3.71. The number of rotatable bonds is 5. The lowest BCUT2D eigenvalue weighted by Gasteiger charge is -2.21. The van der Waals surface area contributed by atoms with Crippen LogP contribution in [0.3, 0.4) is 0 Å². The van der Waals surface area contributed by atoms with E-state index in [1.54, 1.807) is 20.2 Å². The van der Waals surface area contributed by atoms with Crippen molar-refractivity contribution in [3.63, 3.8) is 0 Å². The first-order valence-electron chi connectivity index (χ1n) is 8.43. The summed E-state index contributed by atoms with van der Waals surface area (Å²) in [6, 6.07) is 13.2. The number of hydrogen-bond donors (Lipinski definition) is 1. The fourth-order valence-electron chi connectivity index (χ4n) is 3.24. The number of hydrogen-bond acceptors (Lipinski definition) is 4. The second kappa shape index (κ2) is 7.56. The maximum absolute atomic E-state index is 13.1. The smallest absolute Gasteiger partial charge is 0.246 e. The lowest BCUT2D eigenvalue weighted by molar-refractivity contribution is 0.392. The predicted molar refractivity (Wildman–Crippen MR) is 98.4 cm³/mol. The zero-order valence-corrected chi connectivity index (χ0v) is 15.5. The molecule has 0 aliphatic carbocycles. The molecule has 0 aromatic heterocycles. The van der Waals surface area contributed by atoms with E-state index in [9.17, 15) is 8.42 Å². The van der Waals surface area contributed by atoms with E-state index in [1.807, 2.05) is 36.4 Å². The molecule has 2 aromatic rings. The van der Waals surface area contributed by atoms with Gasteiger partial charge in [0.15, 0.2) is 0 Å². The first kappa shape index (κ1) is 17.9. The summed E-state index contributed by atoms with van der Waals surface area (Å²) in [4.78, 5) is 0.245. The van der Waals surface area contributed by atoms with Gasteiger partial charge in [-0.25, -0.2) is 8.42 Å². The molecule has 0 spiro atoms. The molecular weight excluding hydrogens is 336 g/mol. The van der Waals surface area contributed by atoms with Crippen LogP contribution in [0.15, 0.2) is 47.4 Å². The van der Waals surface area contributed by atoms with Gasteiger partial charge in [0.1, 0.15) is 10.6 Å². The van der Waals surface area contributed by atoms with Crippen LogP contribution in [0, 0.1) is 0 Å². The first-order chi connectivity index (χ1) is 12.0. The monoisotopic (exact) mass is 360 g/mol. The number of benzene rings is 2. The fraction of sp³-hybridized carbons (Fsp3) is 0.368. The average Bonchev–Trinajstić information content (AvgIpc) is 2.87. The second-order valence-corrected chi connectivity index (χ2v) is 8.24. The van der Waals surface area contributed by atoms with Crippen molar-refractivity contribution in [2.45, 2.75) is 24.3 Å². The standard InChI is InChI=1S/C19H24N2O3S/c1-21(14-15-6-4-3-5-7-15)25(22,23)18-9-8-16-10-12-20-13-11-17(16)19(18)24-2/h3-9,20H,10-14H2,1-2H3. The third-order valence-electron chi connectivity index (χ3n) is 4.58. The maximum atomic E-state index is 13.1. The van der Waals surface area contributed by atoms with Crippen LogP contribution in [-0.2, 0) is 29.4 Å². The van der Waals surface area contributed by atoms with Gasteiger partial charge >= 0.3 is 0 Å². The summed E-state index contributed by atoms with van der Waals surface area (Å²) in [6.45, 7) is 2.05. The average molecular weight is 360 g/mol. The highest BCUT2D eigenvalue weighted by Gasteiger charge is 2.28. The van der Waals surface area contributed by atoms with Gasteiger partial charge in [0, 0.05) is 19.2 Å². The molecule has 1 heterocycles. The van der Waals surface area contributed by atoms with Gasteiger partial charge in [-0.2, -0.15) is 4.31 Å². The zero-order chi connectivity index (χ0) is 17.9. The molecule has 2 aromatic carbocycles. The summed E-state index contributed by atoms with van der Waals surface area (Å²) in [5.74, 6) is 0.487. The minimum atomic E-state index is -3.64. The van der Waals surface area contributed by atoms with Crippen molar-refractivity contribution >= 4 is 10.0 Å². The van der Waals surface area contributed by atoms with Crippen molar-refractivity contribution < 1.29 is 13.2 Å². The Bertz CT molecular complexity index is 835. The summed E-state index contributed by atoms with van der Waals surface area (Å²) < 4.78 is 33.2. The Morgan fingerprint density at radius 2 is 1.80 bits per heavy atom. The molecule has 25 heavy (non-hydrogen) atoms. The quantitative estimate of drug-likeness (QED) is 0.888. The molecule has 5 nitrogen and oxygen atoms in total. The first-order valence-corrected chi connectivity index (χ1v) is 9.88. The van der Waals surface area contributed by atoms with Crippen LogP contribution in [0.25, 0.3) is 0 Å². The molecule has 0 amide bonds. The Hall–Kier alpha value is -1.89. The number of ether oxygens (including phenoxy) is 1. The van der Waals surface area contributed by atoms with Crippen molar-refractivity contribution in [3.05, 3.63) is 59.2 Å². The van der Waals surface area contributed by atoms with E-state index in [1.165, 1.54) is 4.31 Å². The summed E-state index contributed by atoms with van der Waals surface area (Å²) in [7, 11) is -0.485. The number of nitrogens with zero attached hydrogens (tertiary/aromatic N) is 1. The van der Waals surface area contributed by atoms with Crippen molar-refractivity contribution in [1.82, 2.24) is 9.62 Å². The molecular formula is C19H24N2O3S. The summed E-state index contributed by atoms with van der Waals surface area (Å²) in [5.41, 5.74) is 3.11. The summed E-state index contributed by atoms with van der Waals surface area (Å²) >= 11 is 0. The van der Waals surface area contributed by atoms with Gasteiger partial charge in [-0.3, -0.25) is 0 Å². The number of methoxy groups -OCH3 is 1. The summed E-state index contributed by atoms with van der Waals surface area (Å²) in [5, 5.41) is 3.34. The Balaban J connectivity index is 1.98. The Labute approximate surface area is 149 Å². The van der Waals surface area contributed by atoms with Crippen LogP contribution < -0.4 is 10.1 Å². The topological polar surface area (TPSA) is 58.6 Å². The lowest BCUT2D eigenvalue weighted by atomic mass is 10.0. The maximum Gasteiger partial charge on any atom is 0.246 e. The van der Waals surface area contributed by atoms with E-state index < -0.39 is 10.0 Å². The van der Waals surface area contributed by atoms with E-state index in [0.717, 1.165) is 42.6 Å². The second-order valence-electron chi connectivity index (χ2n) is 6.23. The molecule has 0 saturated carbocycles. The van der Waals surface area contributed by atoms with Gasteiger partial charge < -0.3 is 10.1 Å². The van der Waals surface area contributed by atoms with Gasteiger partial charge in [-0.1, -0.05) is 36.4 Å². The number of fused-ring (bicyclic) bond motifs is 1. The molecule has 0 saturated heterocycles. The Kier molecular flexibility index (Phi) is 5.42. The van der Waals surface area contributed by atoms with Crippen molar-refractivity contribution in [3.8, 4) is 5.75 Å². The van der Waals surface area contributed by atoms with Gasteiger partial charge in [0.2, 0.25) is 10.0 Å². The normalized spacial score (nSPS) is 14.8. The fourth-order valence-corrected chi connectivity index (χ4v) is 4.57. The minimum Gasteiger partial charge on any atom is -0.495 e. The molecule has 1 aliphatic rings. The van der Waals surface area contributed by atoms with E-state index in [-0.39, 0.29) is 4.90 Å².